The van der Waals surface area contributed by atoms with Crippen LogP contribution in [0.15, 0.2) is 48.5 Å². The zero-order chi connectivity index (χ0) is 20.5. The van der Waals surface area contributed by atoms with E-state index in [2.05, 4.69) is 28.5 Å². The van der Waals surface area contributed by atoms with Gasteiger partial charge in [-0.25, -0.2) is 0 Å². The average Bonchev–Trinajstić information content (AvgIpc) is 2.95. The van der Waals surface area contributed by atoms with Crippen molar-refractivity contribution < 1.29 is 4.74 Å². The lowest BCUT2D eigenvalue weighted by molar-refractivity contribution is 0.315. The highest BCUT2D eigenvalue weighted by Crippen LogP contribution is 2.38. The monoisotopic (exact) mass is 474 g/mol. The molecule has 162 valence electrons. The molecule has 4 aromatic rings. The minimum Gasteiger partial charge on any atom is -0.491 e. The summed E-state index contributed by atoms with van der Waals surface area (Å²) >= 11 is 12.8. The van der Waals surface area contributed by atoms with E-state index in [9.17, 15) is 0 Å². The minimum atomic E-state index is 0. The van der Waals surface area contributed by atoms with Crippen LogP contribution in [-0.2, 0) is 19.3 Å². The molecule has 0 saturated heterocycles. The van der Waals surface area contributed by atoms with Gasteiger partial charge in [0, 0.05) is 40.3 Å². The van der Waals surface area contributed by atoms with E-state index in [1.807, 2.05) is 24.3 Å². The molecule has 5 rings (SSSR count). The summed E-state index contributed by atoms with van der Waals surface area (Å²) in [5, 5.41) is 8.04. The smallest absolute Gasteiger partial charge is 0.145 e. The first kappa shape index (κ1) is 22.3. The van der Waals surface area contributed by atoms with Crippen molar-refractivity contribution >= 4 is 57.3 Å². The van der Waals surface area contributed by atoms with E-state index in [1.54, 1.807) is 6.07 Å². The average molecular weight is 476 g/mol. The summed E-state index contributed by atoms with van der Waals surface area (Å²) in [5.74, 6) is 0.719. The van der Waals surface area contributed by atoms with Crippen LogP contribution in [0, 0.1) is 0 Å². The number of fused-ring (bicyclic) bond motifs is 4. The predicted octanol–water partition coefficient (Wildman–Crippen LogP) is 6.75. The number of benzene rings is 3. The highest BCUT2D eigenvalue weighted by molar-refractivity contribution is 6.39. The van der Waals surface area contributed by atoms with Gasteiger partial charge in [0.05, 0.1) is 16.7 Å². The van der Waals surface area contributed by atoms with Crippen LogP contribution in [0.2, 0.25) is 10.0 Å². The molecule has 1 aliphatic heterocycles. The molecule has 1 aromatic heterocycles. The van der Waals surface area contributed by atoms with Gasteiger partial charge in [0.1, 0.15) is 5.75 Å². The summed E-state index contributed by atoms with van der Waals surface area (Å²) in [6.45, 7) is 2.69. The van der Waals surface area contributed by atoms with Crippen LogP contribution >= 0.6 is 35.6 Å². The number of ether oxygens (including phenoxy) is 1. The fourth-order valence-corrected chi connectivity index (χ4v) is 5.15. The van der Waals surface area contributed by atoms with Gasteiger partial charge in [-0.05, 0) is 49.1 Å². The first-order valence-corrected chi connectivity index (χ1v) is 11.3. The van der Waals surface area contributed by atoms with Gasteiger partial charge in [0.25, 0.3) is 0 Å². The third kappa shape index (κ3) is 4.38. The van der Waals surface area contributed by atoms with Gasteiger partial charge in [0.2, 0.25) is 0 Å². The summed E-state index contributed by atoms with van der Waals surface area (Å²) in [4.78, 5) is 3.64. The maximum atomic E-state index is 6.44. The quantitative estimate of drug-likeness (QED) is 0.313. The number of nitrogens with one attached hydrogen (secondary N) is 2. The molecular formula is C25H25Cl3N2O. The second-order valence-electron chi connectivity index (χ2n) is 7.84. The van der Waals surface area contributed by atoms with Crippen molar-refractivity contribution in [2.45, 2.75) is 25.7 Å². The Balaban J connectivity index is 0.00000231. The molecule has 0 aliphatic carbocycles. The van der Waals surface area contributed by atoms with E-state index in [-0.39, 0.29) is 12.4 Å². The lowest BCUT2D eigenvalue weighted by atomic mass is 9.99. The van der Waals surface area contributed by atoms with Crippen molar-refractivity contribution in [2.24, 2.45) is 0 Å². The Morgan fingerprint density at radius 2 is 1.71 bits per heavy atom. The highest BCUT2D eigenvalue weighted by atomic mass is 35.5. The molecule has 0 fully saturated rings. The summed E-state index contributed by atoms with van der Waals surface area (Å²) in [7, 11) is 0. The second kappa shape index (κ2) is 9.70. The summed E-state index contributed by atoms with van der Waals surface area (Å²) < 4.78 is 6.14. The molecular weight excluding hydrogens is 451 g/mol. The van der Waals surface area contributed by atoms with Crippen LogP contribution in [0.3, 0.4) is 0 Å². The lowest BCUT2D eigenvalue weighted by Gasteiger charge is -2.13. The Morgan fingerprint density at radius 3 is 2.58 bits per heavy atom. The van der Waals surface area contributed by atoms with Crippen LogP contribution in [-0.4, -0.2) is 24.7 Å². The number of aromatic amines is 1. The first-order valence-electron chi connectivity index (χ1n) is 10.5. The number of halogens is 3. The lowest BCUT2D eigenvalue weighted by Crippen LogP contribution is -2.16. The molecule has 2 heterocycles. The SMILES string of the molecule is Cl.Clc1cc(Cl)c2ccccc2c1OCCCc1cccc2[nH]c3c(c12)CCNCC3. The topological polar surface area (TPSA) is 37.0 Å². The Labute approximate surface area is 198 Å². The molecule has 0 bridgehead atoms. The maximum Gasteiger partial charge on any atom is 0.145 e. The highest BCUT2D eigenvalue weighted by Gasteiger charge is 2.16. The molecule has 0 amide bonds. The molecule has 3 aromatic carbocycles. The van der Waals surface area contributed by atoms with Crippen LogP contribution in [0.1, 0.15) is 23.2 Å². The maximum absolute atomic E-state index is 6.44. The molecule has 0 unspecified atom stereocenters. The fourth-order valence-electron chi connectivity index (χ4n) is 4.56. The van der Waals surface area contributed by atoms with E-state index >= 15 is 0 Å². The molecule has 0 spiro atoms. The molecule has 0 radical (unpaired) electrons. The van der Waals surface area contributed by atoms with Gasteiger partial charge in [-0.3, -0.25) is 0 Å². The van der Waals surface area contributed by atoms with Crippen molar-refractivity contribution in [3.63, 3.8) is 0 Å². The number of hydrogen-bond donors (Lipinski definition) is 2. The zero-order valence-electron chi connectivity index (χ0n) is 17.1. The number of aromatic nitrogens is 1. The van der Waals surface area contributed by atoms with Crippen molar-refractivity contribution in [2.75, 3.05) is 19.7 Å². The van der Waals surface area contributed by atoms with Gasteiger partial charge in [0.15, 0.2) is 0 Å². The second-order valence-corrected chi connectivity index (χ2v) is 8.65. The summed E-state index contributed by atoms with van der Waals surface area (Å²) in [6, 6.07) is 16.3. The zero-order valence-corrected chi connectivity index (χ0v) is 19.5. The van der Waals surface area contributed by atoms with E-state index in [0.717, 1.165) is 55.3 Å². The van der Waals surface area contributed by atoms with Crippen molar-refractivity contribution in [3.8, 4) is 5.75 Å². The number of H-pyrrole nitrogens is 1. The Hall–Kier alpha value is -1.91. The molecule has 0 saturated carbocycles. The van der Waals surface area contributed by atoms with E-state index in [4.69, 9.17) is 27.9 Å². The van der Waals surface area contributed by atoms with Crippen LogP contribution in [0.5, 0.6) is 5.75 Å². The minimum absolute atomic E-state index is 0. The largest absolute Gasteiger partial charge is 0.491 e. The van der Waals surface area contributed by atoms with E-state index in [1.165, 1.54) is 27.7 Å². The third-order valence-corrected chi connectivity index (χ3v) is 6.54. The Kier molecular flexibility index (Phi) is 6.98. The number of rotatable bonds is 5. The molecule has 1 aliphatic rings. The Bertz CT molecular complexity index is 1220. The van der Waals surface area contributed by atoms with E-state index in [0.29, 0.717) is 16.7 Å². The van der Waals surface area contributed by atoms with Crippen LogP contribution in [0.4, 0.5) is 0 Å². The van der Waals surface area contributed by atoms with Gasteiger partial charge in [-0.2, -0.15) is 0 Å². The molecule has 2 N–H and O–H groups in total. The van der Waals surface area contributed by atoms with Gasteiger partial charge >= 0.3 is 0 Å². The van der Waals surface area contributed by atoms with Gasteiger partial charge in [-0.15, -0.1) is 12.4 Å². The number of aryl methyl sites for hydroxylation is 1. The van der Waals surface area contributed by atoms with Crippen molar-refractivity contribution in [1.82, 2.24) is 10.3 Å². The van der Waals surface area contributed by atoms with Crippen LogP contribution < -0.4 is 10.1 Å². The number of hydrogen-bond acceptors (Lipinski definition) is 2. The van der Waals surface area contributed by atoms with Crippen LogP contribution in [0.25, 0.3) is 21.7 Å². The fraction of sp³-hybridized carbons (Fsp3) is 0.280. The molecule has 0 atom stereocenters. The van der Waals surface area contributed by atoms with Crippen molar-refractivity contribution in [1.29, 1.82) is 0 Å². The first-order chi connectivity index (χ1) is 14.7. The van der Waals surface area contributed by atoms with Gasteiger partial charge in [-0.1, -0.05) is 59.6 Å². The Morgan fingerprint density at radius 1 is 0.903 bits per heavy atom. The van der Waals surface area contributed by atoms with E-state index < -0.39 is 0 Å². The molecule has 3 nitrogen and oxygen atoms in total. The summed E-state index contributed by atoms with van der Waals surface area (Å²) in [5.41, 5.74) is 5.52. The molecule has 6 heteroatoms. The van der Waals surface area contributed by atoms with Crippen molar-refractivity contribution in [3.05, 3.63) is 75.4 Å². The standard InChI is InChI=1S/C25H24Cl2N2O.ClH/c26-20-15-21(27)25(18-8-2-1-7-17(18)20)30-14-4-6-16-5-3-9-23-24(16)19-10-12-28-13-11-22(19)29-23;/h1-3,5,7-9,15,28-29H,4,6,10-14H2;1H. The predicted molar refractivity (Wildman–Crippen MR) is 134 cm³/mol. The summed E-state index contributed by atoms with van der Waals surface area (Å²) in [6.07, 6.45) is 4.03. The van der Waals surface area contributed by atoms with Gasteiger partial charge < -0.3 is 15.0 Å². The third-order valence-electron chi connectivity index (χ3n) is 5.94. The normalized spacial score (nSPS) is 13.6. The molecule has 31 heavy (non-hydrogen) atoms.